The van der Waals surface area contributed by atoms with Crippen LogP contribution in [-0.2, 0) is 18.4 Å². The second-order valence-electron chi connectivity index (χ2n) is 6.99. The number of imidazole rings is 1. The second kappa shape index (κ2) is 8.22. The Kier molecular flexibility index (Phi) is 5.43. The zero-order valence-corrected chi connectivity index (χ0v) is 16.9. The van der Waals surface area contributed by atoms with Crippen LogP contribution in [0.3, 0.4) is 0 Å². The van der Waals surface area contributed by atoms with Gasteiger partial charge < -0.3 is 14.6 Å². The van der Waals surface area contributed by atoms with Gasteiger partial charge in [-0.05, 0) is 35.4 Å². The Balaban J connectivity index is 1.87. The van der Waals surface area contributed by atoms with Gasteiger partial charge in [0.1, 0.15) is 5.75 Å². The molecule has 2 N–H and O–H groups in total. The molecule has 0 saturated heterocycles. The minimum absolute atomic E-state index is 0.203. The van der Waals surface area contributed by atoms with E-state index in [-0.39, 0.29) is 18.2 Å². The highest BCUT2D eigenvalue weighted by Gasteiger charge is 2.31. The van der Waals surface area contributed by atoms with Crippen molar-refractivity contribution in [2.24, 2.45) is 7.05 Å². The van der Waals surface area contributed by atoms with Crippen LogP contribution < -0.4 is 10.1 Å². The maximum atomic E-state index is 12.5. The van der Waals surface area contributed by atoms with Gasteiger partial charge in [-0.15, -0.1) is 13.2 Å². The normalized spacial score (nSPS) is 11.5. The molecule has 4 rings (SSSR count). The summed E-state index contributed by atoms with van der Waals surface area (Å²) in [6.07, 6.45) is 1.48. The van der Waals surface area contributed by atoms with E-state index in [0.29, 0.717) is 16.6 Å². The molecule has 4 aromatic rings. The lowest BCUT2D eigenvalue weighted by Gasteiger charge is -2.15. The van der Waals surface area contributed by atoms with Crippen LogP contribution in [0.5, 0.6) is 5.75 Å². The fourth-order valence-electron chi connectivity index (χ4n) is 3.55. The molecule has 0 unspecified atom stereocenters. The number of aromatic nitrogens is 4. The third kappa shape index (κ3) is 4.20. The van der Waals surface area contributed by atoms with E-state index in [4.69, 9.17) is 0 Å². The van der Waals surface area contributed by atoms with E-state index in [1.807, 2.05) is 17.7 Å². The van der Waals surface area contributed by atoms with Gasteiger partial charge in [-0.1, -0.05) is 18.7 Å². The number of amides is 1. The number of carbonyl (C=O) groups is 1. The smallest absolute Gasteiger partial charge is 0.406 e. The minimum atomic E-state index is -4.77. The molecule has 32 heavy (non-hydrogen) atoms. The average molecular weight is 441 g/mol. The molecule has 0 saturated carbocycles. The average Bonchev–Trinajstić information content (AvgIpc) is 3.41. The summed E-state index contributed by atoms with van der Waals surface area (Å²) < 4.78 is 43.3. The molecule has 0 aliphatic heterocycles. The lowest BCUT2D eigenvalue weighted by Crippen LogP contribution is -2.20. The summed E-state index contributed by atoms with van der Waals surface area (Å²) in [6.45, 7) is 3.67. The molecule has 0 fully saturated rings. The van der Waals surface area contributed by atoms with Crippen molar-refractivity contribution in [1.82, 2.24) is 25.1 Å². The summed E-state index contributed by atoms with van der Waals surface area (Å²) in [5.41, 5.74) is 5.23. The van der Waals surface area contributed by atoms with Crippen LogP contribution in [0.15, 0.2) is 61.7 Å². The Bertz CT molecular complexity index is 1280. The summed E-state index contributed by atoms with van der Waals surface area (Å²) in [5, 5.41) is 9.60. The number of aryl methyl sites for hydroxylation is 1. The number of hydrogen-bond acceptors (Lipinski definition) is 4. The highest BCUT2D eigenvalue weighted by molar-refractivity contribution is 6.02. The van der Waals surface area contributed by atoms with Crippen molar-refractivity contribution in [1.29, 1.82) is 0 Å². The number of fused-ring (bicyclic) bond motifs is 1. The summed E-state index contributed by atoms with van der Waals surface area (Å²) in [4.78, 5) is 16.3. The van der Waals surface area contributed by atoms with Crippen molar-refractivity contribution in [2.75, 3.05) is 0 Å². The lowest BCUT2D eigenvalue weighted by molar-refractivity contribution is -0.274. The molecule has 0 spiro atoms. The fraction of sp³-hybridized carbons (Fsp3) is 0.136. The molecule has 0 atom stereocenters. The van der Waals surface area contributed by atoms with Gasteiger partial charge in [0.2, 0.25) is 5.91 Å². The zero-order chi connectivity index (χ0) is 22.9. The Morgan fingerprint density at radius 3 is 2.66 bits per heavy atom. The van der Waals surface area contributed by atoms with Gasteiger partial charge in [0, 0.05) is 36.5 Å². The Labute approximate surface area is 180 Å². The van der Waals surface area contributed by atoms with Crippen LogP contribution in [0.2, 0.25) is 0 Å². The zero-order valence-electron chi connectivity index (χ0n) is 16.9. The Morgan fingerprint density at radius 2 is 2.03 bits per heavy atom. The largest absolute Gasteiger partial charge is 0.573 e. The first-order valence-electron chi connectivity index (χ1n) is 9.49. The van der Waals surface area contributed by atoms with Crippen LogP contribution in [0, 0.1) is 0 Å². The summed E-state index contributed by atoms with van der Waals surface area (Å²) in [7, 11) is 1.84. The van der Waals surface area contributed by atoms with Crippen molar-refractivity contribution in [2.45, 2.75) is 12.9 Å². The molecule has 1 amide bonds. The van der Waals surface area contributed by atoms with Gasteiger partial charge in [0.25, 0.3) is 0 Å². The predicted molar refractivity (Wildman–Crippen MR) is 112 cm³/mol. The summed E-state index contributed by atoms with van der Waals surface area (Å²) in [5.74, 6) is -0.643. The molecular weight excluding hydrogens is 423 g/mol. The molecule has 2 aromatic heterocycles. The molecule has 7 nitrogen and oxygen atoms in total. The van der Waals surface area contributed by atoms with Gasteiger partial charge in [-0.25, -0.2) is 4.98 Å². The van der Waals surface area contributed by atoms with Gasteiger partial charge in [-0.3, -0.25) is 9.89 Å². The van der Waals surface area contributed by atoms with Gasteiger partial charge in [0.15, 0.2) is 0 Å². The van der Waals surface area contributed by atoms with Crippen LogP contribution >= 0.6 is 0 Å². The van der Waals surface area contributed by atoms with Gasteiger partial charge in [0.05, 0.1) is 23.6 Å². The number of ether oxygens (including phenoxy) is 1. The number of nitrogens with zero attached hydrogens (tertiary/aromatic N) is 3. The number of benzene rings is 2. The SMILES string of the molecule is C=CC(=O)NCc1cc(-c2ccc(OC(F)(F)F)cc2)c2ncn(C)c2c1-c1cn[nH]c1. The first-order chi connectivity index (χ1) is 15.3. The van der Waals surface area contributed by atoms with E-state index < -0.39 is 6.36 Å². The molecular formula is C22H18F3N5O2. The third-order valence-corrected chi connectivity index (χ3v) is 4.89. The highest BCUT2D eigenvalue weighted by atomic mass is 19.4. The molecule has 2 heterocycles. The topological polar surface area (TPSA) is 84.8 Å². The molecule has 0 bridgehead atoms. The Morgan fingerprint density at radius 1 is 1.28 bits per heavy atom. The number of nitrogens with one attached hydrogen (secondary N) is 2. The summed E-state index contributed by atoms with van der Waals surface area (Å²) in [6, 6.07) is 7.43. The highest BCUT2D eigenvalue weighted by Crippen LogP contribution is 2.38. The number of aromatic amines is 1. The van der Waals surface area contributed by atoms with Crippen LogP contribution in [0.1, 0.15) is 5.56 Å². The number of halogens is 3. The molecule has 2 aromatic carbocycles. The number of rotatable bonds is 6. The van der Waals surface area contributed by atoms with E-state index in [1.54, 1.807) is 18.7 Å². The lowest BCUT2D eigenvalue weighted by atomic mass is 9.93. The van der Waals surface area contributed by atoms with E-state index in [1.165, 1.54) is 30.3 Å². The minimum Gasteiger partial charge on any atom is -0.406 e. The number of carbonyl (C=O) groups excluding carboxylic acids is 1. The number of hydrogen-bond donors (Lipinski definition) is 2. The number of alkyl halides is 3. The molecule has 164 valence electrons. The van der Waals surface area contributed by atoms with E-state index in [0.717, 1.165) is 22.2 Å². The van der Waals surface area contributed by atoms with Crippen molar-refractivity contribution < 1.29 is 22.7 Å². The molecule has 10 heteroatoms. The van der Waals surface area contributed by atoms with E-state index >= 15 is 0 Å². The first kappa shape index (κ1) is 21.2. The van der Waals surface area contributed by atoms with Crippen molar-refractivity contribution in [3.8, 4) is 28.0 Å². The van der Waals surface area contributed by atoms with Crippen molar-refractivity contribution in [3.05, 3.63) is 67.3 Å². The standard InChI is InChI=1S/C22H18F3N5O2/c1-3-18(31)26-9-14-8-17(13-4-6-16(7-5-13)32-22(23,24)25)20-21(30(2)12-27-20)19(14)15-10-28-29-11-15/h3-8,10-12H,1,9H2,2H3,(H,26,31)(H,28,29). The molecule has 0 aliphatic rings. The maximum Gasteiger partial charge on any atom is 0.573 e. The maximum absolute atomic E-state index is 12.5. The second-order valence-corrected chi connectivity index (χ2v) is 6.99. The van der Waals surface area contributed by atoms with Crippen molar-refractivity contribution in [3.63, 3.8) is 0 Å². The monoisotopic (exact) mass is 441 g/mol. The number of H-pyrrole nitrogens is 1. The third-order valence-electron chi connectivity index (χ3n) is 4.89. The Hall–Kier alpha value is -4.08. The quantitative estimate of drug-likeness (QED) is 0.436. The fourth-order valence-corrected chi connectivity index (χ4v) is 3.55. The van der Waals surface area contributed by atoms with Gasteiger partial charge in [-0.2, -0.15) is 5.10 Å². The van der Waals surface area contributed by atoms with Crippen LogP contribution in [0.25, 0.3) is 33.3 Å². The summed E-state index contributed by atoms with van der Waals surface area (Å²) >= 11 is 0. The first-order valence-corrected chi connectivity index (χ1v) is 9.49. The van der Waals surface area contributed by atoms with Crippen molar-refractivity contribution >= 4 is 16.9 Å². The van der Waals surface area contributed by atoms with E-state index in [9.17, 15) is 18.0 Å². The van der Waals surface area contributed by atoms with Gasteiger partial charge >= 0.3 is 6.36 Å². The molecule has 0 aliphatic carbocycles. The molecule has 0 radical (unpaired) electrons. The van der Waals surface area contributed by atoms with Crippen LogP contribution in [0.4, 0.5) is 13.2 Å². The van der Waals surface area contributed by atoms with E-state index in [2.05, 4.69) is 31.8 Å². The predicted octanol–water partition coefficient (Wildman–Crippen LogP) is 4.33. The van der Waals surface area contributed by atoms with Crippen LogP contribution in [-0.4, -0.2) is 32.0 Å².